The number of aromatic hydroxyl groups is 1. The number of nitriles is 1. The minimum atomic E-state index is -0.404. The van der Waals surface area contributed by atoms with Gasteiger partial charge in [-0.15, -0.1) is 0 Å². The van der Waals surface area contributed by atoms with E-state index in [2.05, 4.69) is 11.4 Å². The maximum absolute atomic E-state index is 12.0. The Morgan fingerprint density at radius 2 is 1.95 bits per heavy atom. The monoisotopic (exact) mass is 286 g/mol. The van der Waals surface area contributed by atoms with Gasteiger partial charge < -0.3 is 10.4 Å². The molecular weight excluding hydrogens is 276 g/mol. The van der Waals surface area contributed by atoms with E-state index in [9.17, 15) is 9.90 Å². The van der Waals surface area contributed by atoms with Crippen LogP contribution in [0.2, 0.25) is 5.02 Å². The van der Waals surface area contributed by atoms with Crippen LogP contribution in [0.3, 0.4) is 0 Å². The molecule has 4 nitrogen and oxygen atoms in total. The quantitative estimate of drug-likeness (QED) is 0.908. The molecule has 0 unspecified atom stereocenters. The molecule has 0 aliphatic rings. The van der Waals surface area contributed by atoms with Crippen molar-refractivity contribution in [2.75, 3.05) is 5.32 Å². The van der Waals surface area contributed by atoms with Crippen LogP contribution in [0.15, 0.2) is 42.5 Å². The Morgan fingerprint density at radius 1 is 1.25 bits per heavy atom. The summed E-state index contributed by atoms with van der Waals surface area (Å²) in [6.45, 7) is 0. The smallest absolute Gasteiger partial charge is 0.257 e. The summed E-state index contributed by atoms with van der Waals surface area (Å²) in [5.74, 6) is -0.428. The van der Waals surface area contributed by atoms with Gasteiger partial charge in [0.2, 0.25) is 0 Å². The van der Waals surface area contributed by atoms with Crippen molar-refractivity contribution in [2.45, 2.75) is 6.42 Å². The number of nitrogens with zero attached hydrogens (tertiary/aromatic N) is 1. The molecule has 0 radical (unpaired) electrons. The van der Waals surface area contributed by atoms with E-state index < -0.39 is 5.91 Å². The maximum Gasteiger partial charge on any atom is 0.257 e. The normalized spacial score (nSPS) is 9.80. The van der Waals surface area contributed by atoms with E-state index in [1.54, 1.807) is 24.3 Å². The minimum absolute atomic E-state index is 0.0241. The number of hydrogen-bond acceptors (Lipinski definition) is 3. The Hall–Kier alpha value is -2.51. The molecular formula is C15H11ClN2O2. The Labute approximate surface area is 121 Å². The van der Waals surface area contributed by atoms with Gasteiger partial charge in [-0.1, -0.05) is 23.7 Å². The van der Waals surface area contributed by atoms with Gasteiger partial charge in [-0.25, -0.2) is 0 Å². The van der Waals surface area contributed by atoms with Gasteiger partial charge in [0.05, 0.1) is 23.1 Å². The number of nitrogens with one attached hydrogen (secondary N) is 1. The minimum Gasteiger partial charge on any atom is -0.508 e. The van der Waals surface area contributed by atoms with E-state index in [1.165, 1.54) is 18.2 Å². The third-order valence-electron chi connectivity index (χ3n) is 2.69. The van der Waals surface area contributed by atoms with Crippen LogP contribution >= 0.6 is 11.6 Å². The fraction of sp³-hybridized carbons (Fsp3) is 0.0667. The topological polar surface area (TPSA) is 73.1 Å². The zero-order chi connectivity index (χ0) is 14.5. The zero-order valence-electron chi connectivity index (χ0n) is 10.4. The van der Waals surface area contributed by atoms with Crippen LogP contribution in [0.4, 0.5) is 5.69 Å². The molecule has 0 bridgehead atoms. The molecule has 0 spiro atoms. The average Bonchev–Trinajstić information content (AvgIpc) is 2.44. The Morgan fingerprint density at radius 3 is 2.60 bits per heavy atom. The summed E-state index contributed by atoms with van der Waals surface area (Å²) in [6, 6.07) is 13.2. The number of carbonyl (C=O) groups is 1. The van der Waals surface area contributed by atoms with Crippen molar-refractivity contribution < 1.29 is 9.90 Å². The van der Waals surface area contributed by atoms with Crippen LogP contribution < -0.4 is 5.32 Å². The third kappa shape index (κ3) is 3.28. The molecule has 2 aromatic rings. The van der Waals surface area contributed by atoms with Crippen molar-refractivity contribution >= 4 is 23.2 Å². The lowest BCUT2D eigenvalue weighted by Gasteiger charge is -2.07. The third-order valence-corrected chi connectivity index (χ3v) is 3.02. The maximum atomic E-state index is 12.0. The second-order valence-corrected chi connectivity index (χ2v) is 4.56. The predicted molar refractivity (Wildman–Crippen MR) is 76.8 cm³/mol. The molecule has 0 saturated heterocycles. The number of carbonyl (C=O) groups excluding carboxylic acids is 1. The van der Waals surface area contributed by atoms with Crippen molar-refractivity contribution in [1.29, 1.82) is 5.26 Å². The Kier molecular flexibility index (Phi) is 4.24. The van der Waals surface area contributed by atoms with E-state index in [4.69, 9.17) is 16.9 Å². The van der Waals surface area contributed by atoms with Gasteiger partial charge in [-0.2, -0.15) is 5.26 Å². The highest BCUT2D eigenvalue weighted by atomic mass is 35.5. The summed E-state index contributed by atoms with van der Waals surface area (Å²) in [5.41, 5.74) is 1.67. The highest BCUT2D eigenvalue weighted by Gasteiger charge is 2.11. The van der Waals surface area contributed by atoms with Crippen LogP contribution in [0.25, 0.3) is 0 Å². The SMILES string of the molecule is N#CCc1ccc(NC(=O)c2cc(O)ccc2Cl)cc1. The zero-order valence-corrected chi connectivity index (χ0v) is 11.2. The molecule has 0 aromatic heterocycles. The van der Waals surface area contributed by atoms with Crippen molar-refractivity contribution in [2.24, 2.45) is 0 Å². The summed E-state index contributed by atoms with van der Waals surface area (Å²) in [4.78, 5) is 12.0. The lowest BCUT2D eigenvalue weighted by molar-refractivity contribution is 0.102. The second kappa shape index (κ2) is 6.09. The van der Waals surface area contributed by atoms with E-state index in [0.717, 1.165) is 5.56 Å². The van der Waals surface area contributed by atoms with E-state index in [1.807, 2.05) is 0 Å². The number of phenols is 1. The number of halogens is 1. The van der Waals surface area contributed by atoms with Crippen LogP contribution in [0.1, 0.15) is 15.9 Å². The summed E-state index contributed by atoms with van der Waals surface area (Å²) in [6.07, 6.45) is 0.326. The molecule has 0 aliphatic heterocycles. The van der Waals surface area contributed by atoms with Gasteiger partial charge in [0.15, 0.2) is 0 Å². The van der Waals surface area contributed by atoms with Gasteiger partial charge in [-0.3, -0.25) is 4.79 Å². The number of rotatable bonds is 3. The standard InChI is InChI=1S/C15H11ClN2O2/c16-14-6-5-12(19)9-13(14)15(20)18-11-3-1-10(2-4-11)7-8-17/h1-6,9,19H,7H2,(H,18,20). The highest BCUT2D eigenvalue weighted by Crippen LogP contribution is 2.22. The van der Waals surface area contributed by atoms with Crippen LogP contribution in [0.5, 0.6) is 5.75 Å². The molecule has 1 amide bonds. The molecule has 0 heterocycles. The number of hydrogen-bond donors (Lipinski definition) is 2. The van der Waals surface area contributed by atoms with Gasteiger partial charge in [0.25, 0.3) is 5.91 Å². The first kappa shape index (κ1) is 13.9. The molecule has 2 rings (SSSR count). The van der Waals surface area contributed by atoms with Crippen molar-refractivity contribution in [1.82, 2.24) is 0 Å². The van der Waals surface area contributed by atoms with Gasteiger partial charge in [0, 0.05) is 5.69 Å². The van der Waals surface area contributed by atoms with E-state index in [0.29, 0.717) is 12.1 Å². The van der Waals surface area contributed by atoms with Crippen LogP contribution in [0, 0.1) is 11.3 Å². The molecule has 5 heteroatoms. The second-order valence-electron chi connectivity index (χ2n) is 4.15. The number of anilines is 1. The molecule has 0 atom stereocenters. The lowest BCUT2D eigenvalue weighted by Crippen LogP contribution is -2.12. The number of amides is 1. The molecule has 20 heavy (non-hydrogen) atoms. The molecule has 2 aromatic carbocycles. The summed E-state index contributed by atoms with van der Waals surface area (Å²) < 4.78 is 0. The molecule has 0 saturated carbocycles. The van der Waals surface area contributed by atoms with E-state index in [-0.39, 0.29) is 16.3 Å². The molecule has 0 fully saturated rings. The first-order valence-corrected chi connectivity index (χ1v) is 6.23. The van der Waals surface area contributed by atoms with Crippen LogP contribution in [-0.2, 0) is 6.42 Å². The fourth-order valence-corrected chi connectivity index (χ4v) is 1.89. The van der Waals surface area contributed by atoms with Gasteiger partial charge >= 0.3 is 0 Å². The number of benzene rings is 2. The molecule has 0 aliphatic carbocycles. The predicted octanol–water partition coefficient (Wildman–Crippen LogP) is 3.36. The fourth-order valence-electron chi connectivity index (χ4n) is 1.68. The van der Waals surface area contributed by atoms with Gasteiger partial charge in [-0.05, 0) is 35.9 Å². The van der Waals surface area contributed by atoms with Crippen molar-refractivity contribution in [3.05, 3.63) is 58.6 Å². The van der Waals surface area contributed by atoms with E-state index >= 15 is 0 Å². The largest absolute Gasteiger partial charge is 0.508 e. The molecule has 100 valence electrons. The van der Waals surface area contributed by atoms with Crippen LogP contribution in [-0.4, -0.2) is 11.0 Å². The Bertz CT molecular complexity index is 675. The Balaban J connectivity index is 2.15. The summed E-state index contributed by atoms with van der Waals surface area (Å²) in [7, 11) is 0. The lowest BCUT2D eigenvalue weighted by atomic mass is 10.1. The first-order valence-electron chi connectivity index (χ1n) is 5.86. The summed E-state index contributed by atoms with van der Waals surface area (Å²) >= 11 is 5.92. The summed E-state index contributed by atoms with van der Waals surface area (Å²) in [5, 5.41) is 20.9. The number of phenolic OH excluding ortho intramolecular Hbond substituents is 1. The van der Waals surface area contributed by atoms with Crippen molar-refractivity contribution in [3.8, 4) is 11.8 Å². The van der Waals surface area contributed by atoms with Crippen molar-refractivity contribution in [3.63, 3.8) is 0 Å². The molecule has 2 N–H and O–H groups in total. The average molecular weight is 287 g/mol. The highest BCUT2D eigenvalue weighted by molar-refractivity contribution is 6.34. The first-order chi connectivity index (χ1) is 9.60. The van der Waals surface area contributed by atoms with Gasteiger partial charge in [0.1, 0.15) is 5.75 Å².